The maximum atomic E-state index is 12.5. The number of hydrogen-bond donors (Lipinski definition) is 1. The summed E-state index contributed by atoms with van der Waals surface area (Å²) < 4.78 is 16.4. The van der Waals surface area contributed by atoms with Gasteiger partial charge in [0.1, 0.15) is 11.5 Å². The van der Waals surface area contributed by atoms with Crippen LogP contribution in [-0.4, -0.2) is 50.3 Å². The summed E-state index contributed by atoms with van der Waals surface area (Å²) in [5.41, 5.74) is 2.35. The Kier molecular flexibility index (Phi) is 7.90. The van der Waals surface area contributed by atoms with E-state index in [1.807, 2.05) is 31.2 Å². The van der Waals surface area contributed by atoms with E-state index in [4.69, 9.17) is 14.2 Å². The number of carbonyl (C=O) groups is 1. The second-order valence-electron chi connectivity index (χ2n) is 7.11. The standard InChI is InChI=1S/C23H30N2O4/c1-3-22(29-21-10-8-20(27-2)9-11-21)23(26)24-16-18-4-6-19(7-5-18)17-25-12-14-28-15-13-25/h4-11,22H,3,12-17H2,1-2H3,(H,24,26)/t22-/m1/s1. The van der Waals surface area contributed by atoms with Crippen LogP contribution in [0.15, 0.2) is 48.5 Å². The molecule has 0 unspecified atom stereocenters. The number of ether oxygens (including phenoxy) is 3. The predicted octanol–water partition coefficient (Wildman–Crippen LogP) is 3.00. The fourth-order valence-electron chi connectivity index (χ4n) is 3.22. The molecule has 156 valence electrons. The van der Waals surface area contributed by atoms with Crippen molar-refractivity contribution in [3.05, 3.63) is 59.7 Å². The van der Waals surface area contributed by atoms with Crippen molar-refractivity contribution in [2.75, 3.05) is 33.4 Å². The Hall–Kier alpha value is -2.57. The van der Waals surface area contributed by atoms with Crippen LogP contribution >= 0.6 is 0 Å². The van der Waals surface area contributed by atoms with Gasteiger partial charge in [-0.05, 0) is 41.8 Å². The van der Waals surface area contributed by atoms with Gasteiger partial charge in [-0.15, -0.1) is 0 Å². The Morgan fingerprint density at radius 2 is 1.66 bits per heavy atom. The molecule has 0 bridgehead atoms. The fourth-order valence-corrected chi connectivity index (χ4v) is 3.22. The third-order valence-corrected chi connectivity index (χ3v) is 5.00. The molecule has 2 aromatic rings. The largest absolute Gasteiger partial charge is 0.497 e. The van der Waals surface area contributed by atoms with Crippen LogP contribution in [0.3, 0.4) is 0 Å². The number of methoxy groups -OCH3 is 1. The van der Waals surface area contributed by atoms with Gasteiger partial charge in [-0.25, -0.2) is 0 Å². The van der Waals surface area contributed by atoms with Crippen molar-refractivity contribution < 1.29 is 19.0 Å². The van der Waals surface area contributed by atoms with Gasteiger partial charge in [0.15, 0.2) is 6.10 Å². The minimum atomic E-state index is -0.524. The molecule has 0 spiro atoms. The Bertz CT molecular complexity index is 755. The zero-order valence-corrected chi connectivity index (χ0v) is 17.2. The Labute approximate surface area is 172 Å². The first-order valence-corrected chi connectivity index (χ1v) is 10.1. The first-order chi connectivity index (χ1) is 14.2. The molecule has 6 nitrogen and oxygen atoms in total. The van der Waals surface area contributed by atoms with Crippen molar-refractivity contribution in [1.82, 2.24) is 10.2 Å². The number of nitrogens with zero attached hydrogens (tertiary/aromatic N) is 1. The van der Waals surface area contributed by atoms with Gasteiger partial charge in [0.05, 0.1) is 20.3 Å². The zero-order valence-electron chi connectivity index (χ0n) is 17.2. The van der Waals surface area contributed by atoms with E-state index in [0.29, 0.717) is 18.7 Å². The highest BCUT2D eigenvalue weighted by atomic mass is 16.5. The predicted molar refractivity (Wildman–Crippen MR) is 112 cm³/mol. The normalized spacial score (nSPS) is 15.5. The summed E-state index contributed by atoms with van der Waals surface area (Å²) in [7, 11) is 1.62. The maximum absolute atomic E-state index is 12.5. The quantitative estimate of drug-likeness (QED) is 0.704. The average Bonchev–Trinajstić information content (AvgIpc) is 2.78. The summed E-state index contributed by atoms with van der Waals surface area (Å²) in [6.07, 6.45) is 0.0695. The smallest absolute Gasteiger partial charge is 0.261 e. The Balaban J connectivity index is 1.47. The van der Waals surface area contributed by atoms with Crippen molar-refractivity contribution >= 4 is 5.91 Å². The molecule has 0 aromatic heterocycles. The lowest BCUT2D eigenvalue weighted by atomic mass is 10.1. The van der Waals surface area contributed by atoms with Crippen LogP contribution in [0.4, 0.5) is 0 Å². The lowest BCUT2D eigenvalue weighted by Gasteiger charge is -2.26. The third-order valence-electron chi connectivity index (χ3n) is 5.00. The van der Waals surface area contributed by atoms with Crippen molar-refractivity contribution in [1.29, 1.82) is 0 Å². The minimum Gasteiger partial charge on any atom is -0.497 e. The Morgan fingerprint density at radius 1 is 1.03 bits per heavy atom. The first-order valence-electron chi connectivity index (χ1n) is 10.1. The number of hydrogen-bond acceptors (Lipinski definition) is 5. The zero-order chi connectivity index (χ0) is 20.5. The minimum absolute atomic E-state index is 0.110. The van der Waals surface area contributed by atoms with Gasteiger partial charge < -0.3 is 19.5 Å². The van der Waals surface area contributed by atoms with Gasteiger partial charge >= 0.3 is 0 Å². The molecule has 3 rings (SSSR count). The van der Waals surface area contributed by atoms with Gasteiger partial charge in [-0.1, -0.05) is 31.2 Å². The summed E-state index contributed by atoms with van der Waals surface area (Å²) in [6, 6.07) is 15.6. The molecule has 1 saturated heterocycles. The summed E-state index contributed by atoms with van der Waals surface area (Å²) in [4.78, 5) is 14.9. The fraction of sp³-hybridized carbons (Fsp3) is 0.435. The lowest BCUT2D eigenvalue weighted by Crippen LogP contribution is -2.37. The van der Waals surface area contributed by atoms with E-state index in [2.05, 4.69) is 34.5 Å². The van der Waals surface area contributed by atoms with Crippen LogP contribution in [0.1, 0.15) is 24.5 Å². The SMILES string of the molecule is CC[C@@H](Oc1ccc(OC)cc1)C(=O)NCc1ccc(CN2CCOCC2)cc1. The molecule has 6 heteroatoms. The van der Waals surface area contributed by atoms with Gasteiger partial charge in [0, 0.05) is 26.2 Å². The number of morpholine rings is 1. The molecular weight excluding hydrogens is 368 g/mol. The van der Waals surface area contributed by atoms with Crippen LogP contribution in [0.25, 0.3) is 0 Å². The van der Waals surface area contributed by atoms with Crippen molar-refractivity contribution in [3.8, 4) is 11.5 Å². The molecule has 1 aliphatic heterocycles. The molecule has 0 aliphatic carbocycles. The van der Waals surface area contributed by atoms with E-state index in [9.17, 15) is 4.79 Å². The molecule has 1 atom stereocenters. The highest BCUT2D eigenvalue weighted by Crippen LogP contribution is 2.19. The highest BCUT2D eigenvalue weighted by molar-refractivity contribution is 5.81. The van der Waals surface area contributed by atoms with Crippen molar-refractivity contribution in [2.24, 2.45) is 0 Å². The van der Waals surface area contributed by atoms with E-state index >= 15 is 0 Å². The molecule has 1 N–H and O–H groups in total. The Morgan fingerprint density at radius 3 is 2.28 bits per heavy atom. The number of benzene rings is 2. The highest BCUT2D eigenvalue weighted by Gasteiger charge is 2.18. The molecule has 2 aromatic carbocycles. The van der Waals surface area contributed by atoms with Crippen LogP contribution in [0.5, 0.6) is 11.5 Å². The van der Waals surface area contributed by atoms with E-state index in [1.165, 1.54) is 5.56 Å². The number of rotatable bonds is 9. The van der Waals surface area contributed by atoms with E-state index in [-0.39, 0.29) is 5.91 Å². The van der Waals surface area contributed by atoms with E-state index in [1.54, 1.807) is 7.11 Å². The molecule has 1 amide bonds. The molecule has 0 saturated carbocycles. The molecule has 1 aliphatic rings. The van der Waals surface area contributed by atoms with E-state index < -0.39 is 6.10 Å². The molecule has 1 fully saturated rings. The molecular formula is C23H30N2O4. The third kappa shape index (κ3) is 6.48. The summed E-state index contributed by atoms with van der Waals surface area (Å²) >= 11 is 0. The van der Waals surface area contributed by atoms with E-state index in [0.717, 1.165) is 44.2 Å². The van der Waals surface area contributed by atoms with Crippen LogP contribution in [0, 0.1) is 0 Å². The van der Waals surface area contributed by atoms with Crippen molar-refractivity contribution in [2.45, 2.75) is 32.5 Å². The second-order valence-corrected chi connectivity index (χ2v) is 7.11. The second kappa shape index (κ2) is 10.8. The summed E-state index contributed by atoms with van der Waals surface area (Å²) in [5.74, 6) is 1.30. The lowest BCUT2D eigenvalue weighted by molar-refractivity contribution is -0.128. The molecule has 1 heterocycles. The summed E-state index contributed by atoms with van der Waals surface area (Å²) in [5, 5.41) is 2.98. The maximum Gasteiger partial charge on any atom is 0.261 e. The number of nitrogens with one attached hydrogen (secondary N) is 1. The number of carbonyl (C=O) groups excluding carboxylic acids is 1. The van der Waals surface area contributed by atoms with Crippen LogP contribution in [0.2, 0.25) is 0 Å². The first kappa shape index (κ1) is 21.1. The van der Waals surface area contributed by atoms with Crippen LogP contribution < -0.4 is 14.8 Å². The molecule has 29 heavy (non-hydrogen) atoms. The number of amides is 1. The van der Waals surface area contributed by atoms with Crippen LogP contribution in [-0.2, 0) is 22.6 Å². The monoisotopic (exact) mass is 398 g/mol. The summed E-state index contributed by atoms with van der Waals surface area (Å²) in [6.45, 7) is 6.92. The molecule has 0 radical (unpaired) electrons. The van der Waals surface area contributed by atoms with Crippen molar-refractivity contribution in [3.63, 3.8) is 0 Å². The van der Waals surface area contributed by atoms with Gasteiger partial charge in [0.25, 0.3) is 5.91 Å². The van der Waals surface area contributed by atoms with Gasteiger partial charge in [0.2, 0.25) is 0 Å². The average molecular weight is 399 g/mol. The van der Waals surface area contributed by atoms with Gasteiger partial charge in [-0.2, -0.15) is 0 Å². The topological polar surface area (TPSA) is 60.0 Å². The van der Waals surface area contributed by atoms with Gasteiger partial charge in [-0.3, -0.25) is 9.69 Å².